The van der Waals surface area contributed by atoms with Crippen LogP contribution in [0, 0.1) is 0 Å². The summed E-state index contributed by atoms with van der Waals surface area (Å²) in [5.74, 6) is 0. The van der Waals surface area contributed by atoms with E-state index in [4.69, 9.17) is 0 Å². The maximum absolute atomic E-state index is 2.48. The number of aromatic nitrogens is 1. The molecule has 1 aromatic heterocycles. The van der Waals surface area contributed by atoms with Gasteiger partial charge in [0.2, 0.25) is 0 Å². The molecule has 0 saturated heterocycles. The number of hydrogen-bond acceptors (Lipinski definition) is 3. The molecule has 4 nitrogen and oxygen atoms in total. The van der Waals surface area contributed by atoms with Gasteiger partial charge in [0.1, 0.15) is 0 Å². The largest absolute Gasteiger partial charge is 0.344 e. The monoisotopic (exact) mass is 1050 g/mol. The number of para-hydroxylation sites is 1. The van der Waals surface area contributed by atoms with Gasteiger partial charge in [-0.15, -0.1) is 0 Å². The lowest BCUT2D eigenvalue weighted by molar-refractivity contribution is 0.660. The summed E-state index contributed by atoms with van der Waals surface area (Å²) in [6, 6.07) is 84.6. The molecule has 0 radical (unpaired) electrons. The van der Waals surface area contributed by atoms with E-state index in [0.717, 1.165) is 41.3 Å². The second kappa shape index (κ2) is 17.9. The minimum atomic E-state index is -0.0530. The van der Waals surface area contributed by atoms with Crippen LogP contribution in [-0.2, 0) is 17.9 Å². The third-order valence-electron chi connectivity index (χ3n) is 19.0. The van der Waals surface area contributed by atoms with Crippen LogP contribution in [0.25, 0.3) is 88.2 Å². The van der Waals surface area contributed by atoms with Crippen LogP contribution in [0.2, 0.25) is 0 Å². The summed E-state index contributed by atoms with van der Waals surface area (Å²) < 4.78 is 2.43. The number of allylic oxidation sites excluding steroid dienone is 4. The molecule has 0 fully saturated rings. The second-order valence-corrected chi connectivity index (χ2v) is 24.1. The van der Waals surface area contributed by atoms with Gasteiger partial charge in [-0.1, -0.05) is 179 Å². The minimum absolute atomic E-state index is 0.0462. The van der Waals surface area contributed by atoms with E-state index in [1.165, 1.54) is 128 Å². The van der Waals surface area contributed by atoms with Gasteiger partial charge in [0, 0.05) is 86.5 Å². The van der Waals surface area contributed by atoms with Crippen molar-refractivity contribution in [3.8, 4) is 55.6 Å². The highest BCUT2D eigenvalue weighted by molar-refractivity contribution is 6.28. The van der Waals surface area contributed by atoms with E-state index in [0.29, 0.717) is 0 Å². The molecule has 11 aromatic carbocycles. The van der Waals surface area contributed by atoms with E-state index in [2.05, 4.69) is 304 Å². The van der Waals surface area contributed by atoms with E-state index in [9.17, 15) is 0 Å². The highest BCUT2D eigenvalue weighted by Gasteiger charge is 2.37. The first kappa shape index (κ1) is 48.3. The third kappa shape index (κ3) is 7.10. The molecule has 16 rings (SSSR count). The highest BCUT2D eigenvalue weighted by Crippen LogP contribution is 2.54. The molecule has 0 spiro atoms. The van der Waals surface area contributed by atoms with E-state index < -0.39 is 0 Å². The molecule has 0 unspecified atom stereocenters. The molecule has 2 heterocycles. The molecule has 394 valence electrons. The number of hydrogen-bond donors (Lipinski definition) is 0. The van der Waals surface area contributed by atoms with E-state index in [1.807, 2.05) is 0 Å². The van der Waals surface area contributed by atoms with Crippen molar-refractivity contribution in [2.75, 3.05) is 21.7 Å². The fourth-order valence-corrected chi connectivity index (χ4v) is 14.7. The molecule has 0 amide bonds. The normalized spacial score (nSPS) is 14.8. The van der Waals surface area contributed by atoms with Crippen LogP contribution >= 0.6 is 0 Å². The molecule has 82 heavy (non-hydrogen) atoms. The number of anilines is 7. The molecule has 0 N–H and O–H groups in total. The Labute approximate surface area is 480 Å². The van der Waals surface area contributed by atoms with Crippen molar-refractivity contribution < 1.29 is 0 Å². The topological polar surface area (TPSA) is 14.7 Å². The summed E-state index contributed by atoms with van der Waals surface area (Å²) in [7, 11) is 4.49. The Morgan fingerprint density at radius 3 is 1.54 bits per heavy atom. The molecule has 4 heteroatoms. The van der Waals surface area contributed by atoms with Gasteiger partial charge >= 0.3 is 0 Å². The van der Waals surface area contributed by atoms with Crippen LogP contribution in [0.15, 0.2) is 248 Å². The molecule has 0 saturated carbocycles. The lowest BCUT2D eigenvalue weighted by Gasteiger charge is -2.33. The first-order valence-corrected chi connectivity index (χ1v) is 29.1. The van der Waals surface area contributed by atoms with Crippen molar-refractivity contribution >= 4 is 72.4 Å². The van der Waals surface area contributed by atoms with Gasteiger partial charge in [0.15, 0.2) is 0 Å². The van der Waals surface area contributed by atoms with Gasteiger partial charge in [-0.05, 0) is 182 Å². The van der Waals surface area contributed by atoms with E-state index in [-0.39, 0.29) is 10.8 Å². The van der Waals surface area contributed by atoms with Gasteiger partial charge < -0.3 is 19.3 Å². The number of nitrogens with zero attached hydrogens (tertiary/aromatic N) is 4. The standard InChI is InChI=1S/C78H62N4/c1-77(2)67-25-15-13-22-59(67)61-40-32-51(44-69(61)77)49-28-34-55(35-29-49)81(53-18-9-7-10-19-53)57-38-42-63-66-48-74-75(65-24-17-27-71(76(65)66)79(5)72(63)46-57)64-43-39-58(47-73(64)80(74)6)82(54-20-11-8-12-21-54)56-36-30-50(31-37-56)52-33-41-62-60-23-14-16-26-68(60)78(3,4)70(62)45-52/h7-11,13-20,22-48H,12,21H2,1-6H3. The SMILES string of the molecule is CN1c2cc(N(c3ccccc3)c3ccc(-c4ccc5c(c4)C(C)(C)c4ccccc4-5)cc3)ccc2-c2cc3c(c4cccc1c24)c1ccc(N(C2=CC=CCC2)c2ccc(-c4ccc5c(c4)C(C)(C)c4ccccc4-5)cc2)cc1n3C. The van der Waals surface area contributed by atoms with Crippen LogP contribution in [0.1, 0.15) is 62.8 Å². The quantitative estimate of drug-likeness (QED) is 0.151. The lowest BCUT2D eigenvalue weighted by Crippen LogP contribution is -2.17. The molecule has 3 aliphatic carbocycles. The van der Waals surface area contributed by atoms with Crippen LogP contribution in [0.5, 0.6) is 0 Å². The molecule has 1 aliphatic heterocycles. The lowest BCUT2D eigenvalue weighted by atomic mass is 9.81. The summed E-state index contributed by atoms with van der Waals surface area (Å²) in [5, 5.41) is 5.12. The Morgan fingerprint density at radius 2 is 0.902 bits per heavy atom. The van der Waals surface area contributed by atoms with Gasteiger partial charge in [0.05, 0.1) is 16.7 Å². The van der Waals surface area contributed by atoms with Gasteiger partial charge in [-0.25, -0.2) is 0 Å². The highest BCUT2D eigenvalue weighted by atomic mass is 15.2. The van der Waals surface area contributed by atoms with E-state index in [1.54, 1.807) is 0 Å². The fourth-order valence-electron chi connectivity index (χ4n) is 14.7. The van der Waals surface area contributed by atoms with Crippen molar-refractivity contribution in [2.24, 2.45) is 7.05 Å². The van der Waals surface area contributed by atoms with Crippen molar-refractivity contribution in [1.29, 1.82) is 0 Å². The van der Waals surface area contributed by atoms with Gasteiger partial charge in [-0.2, -0.15) is 0 Å². The molecule has 0 bridgehead atoms. The predicted octanol–water partition coefficient (Wildman–Crippen LogP) is 21.0. The molecule has 0 atom stereocenters. The average molecular weight is 1060 g/mol. The predicted molar refractivity (Wildman–Crippen MR) is 347 cm³/mol. The van der Waals surface area contributed by atoms with Gasteiger partial charge in [-0.3, -0.25) is 0 Å². The van der Waals surface area contributed by atoms with Crippen LogP contribution in [0.4, 0.5) is 39.8 Å². The number of rotatable bonds is 8. The maximum atomic E-state index is 2.48. The first-order valence-electron chi connectivity index (χ1n) is 29.1. The number of aryl methyl sites for hydroxylation is 1. The van der Waals surface area contributed by atoms with Crippen LogP contribution in [-0.4, -0.2) is 11.6 Å². The Hall–Kier alpha value is -9.64. The molecule has 4 aliphatic rings. The number of benzene rings is 11. The smallest absolute Gasteiger partial charge is 0.0510 e. The molecular weight excluding hydrogens is 993 g/mol. The van der Waals surface area contributed by atoms with E-state index >= 15 is 0 Å². The Kier molecular flexibility index (Phi) is 10.6. The summed E-state index contributed by atoms with van der Waals surface area (Å²) in [6.07, 6.45) is 8.78. The van der Waals surface area contributed by atoms with Crippen molar-refractivity contribution in [3.63, 3.8) is 0 Å². The Morgan fingerprint density at radius 1 is 0.366 bits per heavy atom. The summed E-state index contributed by atoms with van der Waals surface area (Å²) in [5.41, 5.74) is 30.1. The zero-order valence-electron chi connectivity index (χ0n) is 47.3. The fraction of sp³-hybridized carbons (Fsp3) is 0.128. The summed E-state index contributed by atoms with van der Waals surface area (Å²) in [6.45, 7) is 9.43. The first-order chi connectivity index (χ1) is 40.0. The zero-order valence-corrected chi connectivity index (χ0v) is 47.3. The van der Waals surface area contributed by atoms with Crippen molar-refractivity contribution in [2.45, 2.75) is 51.4 Å². The summed E-state index contributed by atoms with van der Waals surface area (Å²) in [4.78, 5) is 7.28. The zero-order chi connectivity index (χ0) is 55.2. The molecular formula is C78H62N4. The number of fused-ring (bicyclic) bond motifs is 12. The summed E-state index contributed by atoms with van der Waals surface area (Å²) >= 11 is 0. The third-order valence-corrected chi connectivity index (χ3v) is 19.0. The molecule has 12 aromatic rings. The Bertz CT molecular complexity index is 4700. The minimum Gasteiger partial charge on any atom is -0.344 e. The van der Waals surface area contributed by atoms with Crippen LogP contribution < -0.4 is 14.7 Å². The van der Waals surface area contributed by atoms with Gasteiger partial charge in [0.25, 0.3) is 0 Å². The van der Waals surface area contributed by atoms with Crippen molar-refractivity contribution in [3.05, 3.63) is 271 Å². The van der Waals surface area contributed by atoms with Crippen LogP contribution in [0.3, 0.4) is 0 Å². The second-order valence-electron chi connectivity index (χ2n) is 24.1. The maximum Gasteiger partial charge on any atom is 0.0510 e. The Balaban J connectivity index is 0.759. The average Bonchev–Trinajstić information content (AvgIpc) is 3.05. The van der Waals surface area contributed by atoms with Crippen molar-refractivity contribution in [1.82, 2.24) is 4.57 Å².